The monoisotopic (exact) mass is 279 g/mol. The molecule has 0 aromatic carbocycles. The molecule has 1 N–H and O–H groups in total. The highest BCUT2D eigenvalue weighted by Gasteiger charge is 2.17. The molecule has 0 aliphatic rings. The molecule has 2 aromatic heterocycles. The lowest BCUT2D eigenvalue weighted by Gasteiger charge is -2.16. The molecular formula is C15H21NS2. The molecule has 18 heavy (non-hydrogen) atoms. The summed E-state index contributed by atoms with van der Waals surface area (Å²) in [6.07, 6.45) is 1.17. The van der Waals surface area contributed by atoms with E-state index in [1.807, 2.05) is 22.7 Å². The minimum atomic E-state index is 0.368. The van der Waals surface area contributed by atoms with Gasteiger partial charge in [0.05, 0.1) is 6.04 Å². The van der Waals surface area contributed by atoms with E-state index in [0.717, 1.165) is 6.54 Å². The molecule has 98 valence electrons. The Labute approximate surface area is 118 Å². The van der Waals surface area contributed by atoms with Gasteiger partial charge in [-0.1, -0.05) is 6.92 Å². The Bertz CT molecular complexity index is 491. The summed E-state index contributed by atoms with van der Waals surface area (Å²) in [6, 6.07) is 5.01. The van der Waals surface area contributed by atoms with E-state index in [1.54, 1.807) is 0 Å². The van der Waals surface area contributed by atoms with Crippen LogP contribution < -0.4 is 5.32 Å². The fourth-order valence-electron chi connectivity index (χ4n) is 2.03. The normalized spacial score (nSPS) is 12.9. The molecule has 0 fully saturated rings. The van der Waals surface area contributed by atoms with Crippen LogP contribution >= 0.6 is 22.7 Å². The van der Waals surface area contributed by atoms with Crippen LogP contribution in [0.15, 0.2) is 17.5 Å². The van der Waals surface area contributed by atoms with Crippen LogP contribution in [0, 0.1) is 20.8 Å². The van der Waals surface area contributed by atoms with Gasteiger partial charge in [0.15, 0.2) is 0 Å². The quantitative estimate of drug-likeness (QED) is 0.827. The Hall–Kier alpha value is -0.640. The second-order valence-electron chi connectivity index (χ2n) is 4.77. The Morgan fingerprint density at radius 3 is 2.50 bits per heavy atom. The first-order valence-corrected chi connectivity index (χ1v) is 8.16. The van der Waals surface area contributed by atoms with E-state index in [1.165, 1.54) is 32.2 Å². The van der Waals surface area contributed by atoms with Gasteiger partial charge in [0.2, 0.25) is 0 Å². The molecule has 0 saturated heterocycles. The van der Waals surface area contributed by atoms with E-state index in [0.29, 0.717) is 6.04 Å². The molecule has 0 spiro atoms. The molecule has 2 rings (SSSR count). The zero-order valence-corrected chi connectivity index (χ0v) is 13.2. The summed E-state index contributed by atoms with van der Waals surface area (Å²) in [7, 11) is 0. The maximum Gasteiger partial charge on any atom is 0.0679 e. The van der Waals surface area contributed by atoms with Gasteiger partial charge in [0.25, 0.3) is 0 Å². The van der Waals surface area contributed by atoms with Crippen molar-refractivity contribution in [2.24, 2.45) is 0 Å². The smallest absolute Gasteiger partial charge is 0.0679 e. The number of hydrogen-bond donors (Lipinski definition) is 1. The third kappa shape index (κ3) is 3.02. The first kappa shape index (κ1) is 13.8. The molecule has 0 saturated carbocycles. The van der Waals surface area contributed by atoms with E-state index >= 15 is 0 Å². The molecular weight excluding hydrogens is 258 g/mol. The van der Waals surface area contributed by atoms with Crippen LogP contribution in [0.3, 0.4) is 0 Å². The lowest BCUT2D eigenvalue weighted by Crippen LogP contribution is -2.21. The van der Waals surface area contributed by atoms with E-state index in [2.05, 4.69) is 50.5 Å². The van der Waals surface area contributed by atoms with Gasteiger partial charge in [-0.3, -0.25) is 0 Å². The highest BCUT2D eigenvalue weighted by atomic mass is 32.1. The summed E-state index contributed by atoms with van der Waals surface area (Å²) >= 11 is 3.76. The maximum atomic E-state index is 3.67. The zero-order valence-electron chi connectivity index (χ0n) is 11.5. The summed E-state index contributed by atoms with van der Waals surface area (Å²) in [4.78, 5) is 4.26. The van der Waals surface area contributed by atoms with Gasteiger partial charge in [0, 0.05) is 14.6 Å². The third-order valence-electron chi connectivity index (χ3n) is 3.15. The van der Waals surface area contributed by atoms with Crippen LogP contribution in [0.4, 0.5) is 0 Å². The van der Waals surface area contributed by atoms with Crippen molar-refractivity contribution in [1.82, 2.24) is 5.32 Å². The predicted molar refractivity (Wildman–Crippen MR) is 83.0 cm³/mol. The molecule has 2 aromatic rings. The van der Waals surface area contributed by atoms with Gasteiger partial charge >= 0.3 is 0 Å². The van der Waals surface area contributed by atoms with E-state index in [-0.39, 0.29) is 0 Å². The summed E-state index contributed by atoms with van der Waals surface area (Å²) in [5.74, 6) is 0. The van der Waals surface area contributed by atoms with Crippen LogP contribution in [0.2, 0.25) is 0 Å². The average Bonchev–Trinajstić information content (AvgIpc) is 2.88. The van der Waals surface area contributed by atoms with Gasteiger partial charge in [-0.2, -0.15) is 0 Å². The average molecular weight is 279 g/mol. The summed E-state index contributed by atoms with van der Waals surface area (Å²) in [5.41, 5.74) is 2.82. The van der Waals surface area contributed by atoms with Crippen molar-refractivity contribution in [3.63, 3.8) is 0 Å². The third-order valence-corrected chi connectivity index (χ3v) is 5.25. The van der Waals surface area contributed by atoms with Crippen molar-refractivity contribution in [2.75, 3.05) is 6.54 Å². The molecule has 1 unspecified atom stereocenters. The van der Waals surface area contributed by atoms with E-state index in [9.17, 15) is 0 Å². The van der Waals surface area contributed by atoms with Crippen LogP contribution in [-0.2, 0) is 0 Å². The molecule has 1 nitrogen and oxygen atoms in total. The predicted octanol–water partition coefficient (Wildman–Crippen LogP) is 4.82. The van der Waals surface area contributed by atoms with Crippen molar-refractivity contribution in [3.8, 4) is 0 Å². The topological polar surface area (TPSA) is 12.0 Å². The Kier molecular flexibility index (Phi) is 4.60. The first-order chi connectivity index (χ1) is 8.61. The zero-order chi connectivity index (χ0) is 13.1. The standard InChI is InChI=1S/C15H21NS2/c1-5-6-16-15(13-8-11(3)17-9-13)14-7-10(2)12(4)18-14/h7-9,15-16H,5-6H2,1-4H3. The van der Waals surface area contributed by atoms with E-state index in [4.69, 9.17) is 0 Å². The lowest BCUT2D eigenvalue weighted by atomic mass is 10.1. The molecule has 0 aliphatic heterocycles. The number of rotatable bonds is 5. The maximum absolute atomic E-state index is 3.67. The number of nitrogens with one attached hydrogen (secondary N) is 1. The van der Waals surface area contributed by atoms with Crippen molar-refractivity contribution < 1.29 is 0 Å². The van der Waals surface area contributed by atoms with Crippen molar-refractivity contribution in [3.05, 3.63) is 43.3 Å². The first-order valence-electron chi connectivity index (χ1n) is 6.47. The van der Waals surface area contributed by atoms with Crippen molar-refractivity contribution >= 4 is 22.7 Å². The SMILES string of the molecule is CCCNC(c1csc(C)c1)c1cc(C)c(C)s1. The molecule has 0 amide bonds. The summed E-state index contributed by atoms with van der Waals surface area (Å²) < 4.78 is 0. The Morgan fingerprint density at radius 1 is 1.22 bits per heavy atom. The second kappa shape index (κ2) is 6.00. The molecule has 0 radical (unpaired) electrons. The number of hydrogen-bond acceptors (Lipinski definition) is 3. The molecule has 1 atom stereocenters. The molecule has 3 heteroatoms. The summed E-state index contributed by atoms with van der Waals surface area (Å²) in [6.45, 7) is 9.86. The fourth-order valence-corrected chi connectivity index (χ4v) is 3.91. The highest BCUT2D eigenvalue weighted by molar-refractivity contribution is 7.12. The van der Waals surface area contributed by atoms with Gasteiger partial charge in [-0.25, -0.2) is 0 Å². The Balaban J connectivity index is 2.30. The largest absolute Gasteiger partial charge is 0.306 e. The molecule has 0 aliphatic carbocycles. The number of thiophene rings is 2. The van der Waals surface area contributed by atoms with Crippen LogP contribution in [0.25, 0.3) is 0 Å². The van der Waals surface area contributed by atoms with Gasteiger partial charge in [-0.05, 0) is 62.4 Å². The van der Waals surface area contributed by atoms with Gasteiger partial charge < -0.3 is 5.32 Å². The van der Waals surface area contributed by atoms with Crippen molar-refractivity contribution in [2.45, 2.75) is 40.2 Å². The number of aryl methyl sites for hydroxylation is 3. The Morgan fingerprint density at radius 2 is 2.00 bits per heavy atom. The van der Waals surface area contributed by atoms with Crippen molar-refractivity contribution in [1.29, 1.82) is 0 Å². The fraction of sp³-hybridized carbons (Fsp3) is 0.467. The van der Waals surface area contributed by atoms with Crippen LogP contribution in [0.1, 0.15) is 45.1 Å². The minimum Gasteiger partial charge on any atom is -0.306 e. The second-order valence-corrected chi connectivity index (χ2v) is 7.17. The molecule has 0 bridgehead atoms. The van der Waals surface area contributed by atoms with Gasteiger partial charge in [0.1, 0.15) is 0 Å². The van der Waals surface area contributed by atoms with Crippen LogP contribution in [0.5, 0.6) is 0 Å². The summed E-state index contributed by atoms with van der Waals surface area (Å²) in [5, 5.41) is 5.96. The van der Waals surface area contributed by atoms with E-state index < -0.39 is 0 Å². The van der Waals surface area contributed by atoms with Crippen LogP contribution in [-0.4, -0.2) is 6.54 Å². The highest BCUT2D eigenvalue weighted by Crippen LogP contribution is 2.32. The van der Waals surface area contributed by atoms with Gasteiger partial charge in [-0.15, -0.1) is 22.7 Å². The lowest BCUT2D eigenvalue weighted by molar-refractivity contribution is 0.607. The molecule has 2 heterocycles. The minimum absolute atomic E-state index is 0.368.